The molecule has 6 nitrogen and oxygen atoms in total. The molecule has 0 unspecified atom stereocenters. The zero-order valence-corrected chi connectivity index (χ0v) is 15.4. The van der Waals surface area contributed by atoms with Crippen LogP contribution in [0, 0.1) is 6.92 Å². The van der Waals surface area contributed by atoms with Gasteiger partial charge in [0.1, 0.15) is 5.69 Å². The van der Waals surface area contributed by atoms with E-state index in [9.17, 15) is 4.79 Å². The summed E-state index contributed by atoms with van der Waals surface area (Å²) < 4.78 is 10.5. The molecule has 3 rings (SSSR count). The van der Waals surface area contributed by atoms with E-state index in [1.165, 1.54) is 5.56 Å². The summed E-state index contributed by atoms with van der Waals surface area (Å²) in [6.45, 7) is 2.03. The van der Waals surface area contributed by atoms with Gasteiger partial charge in [-0.15, -0.1) is 0 Å². The molecule has 2 aromatic carbocycles. The Hall–Kier alpha value is -3.54. The lowest BCUT2D eigenvalue weighted by Gasteiger charge is -2.11. The van der Waals surface area contributed by atoms with E-state index in [0.29, 0.717) is 22.9 Å². The summed E-state index contributed by atoms with van der Waals surface area (Å²) in [4.78, 5) is 16.7. The minimum atomic E-state index is -0.310. The highest BCUT2D eigenvalue weighted by molar-refractivity contribution is 6.03. The van der Waals surface area contributed by atoms with Crippen LogP contribution in [0.3, 0.4) is 0 Å². The van der Waals surface area contributed by atoms with Crippen LogP contribution in [0.5, 0.6) is 11.5 Å². The molecule has 0 saturated heterocycles. The number of nitrogens with one attached hydrogen (secondary N) is 2. The van der Waals surface area contributed by atoms with Gasteiger partial charge >= 0.3 is 0 Å². The quantitative estimate of drug-likeness (QED) is 0.679. The van der Waals surface area contributed by atoms with Gasteiger partial charge in [0.05, 0.1) is 14.2 Å². The predicted molar refractivity (Wildman–Crippen MR) is 106 cm³/mol. The Bertz CT molecular complexity index is 940. The minimum Gasteiger partial charge on any atom is -0.493 e. The molecule has 0 aliphatic rings. The molecular formula is C21H21N3O3. The molecule has 0 radical (unpaired) electrons. The number of hydrogen-bond donors (Lipinski definition) is 2. The first-order chi connectivity index (χ1) is 13.1. The Kier molecular flexibility index (Phi) is 5.56. The Balaban J connectivity index is 1.74. The molecule has 6 heteroatoms. The zero-order chi connectivity index (χ0) is 19.2. The maximum atomic E-state index is 12.5. The average Bonchev–Trinajstić information content (AvgIpc) is 2.70. The standard InChI is InChI=1S/C21H21N3O3/c1-14-4-6-15(7-5-14)23-17-10-11-22-18(12-17)21(25)24-16-8-9-19(26-2)20(13-16)27-3/h4-13H,1-3H3,(H,22,23)(H,24,25). The van der Waals surface area contributed by atoms with Gasteiger partial charge in [-0.25, -0.2) is 0 Å². The number of benzene rings is 2. The molecule has 2 N–H and O–H groups in total. The molecule has 3 aromatic rings. The monoisotopic (exact) mass is 363 g/mol. The van der Waals surface area contributed by atoms with Crippen LogP contribution in [0.4, 0.5) is 17.1 Å². The number of aryl methyl sites for hydroxylation is 1. The fraction of sp³-hybridized carbons (Fsp3) is 0.143. The van der Waals surface area contributed by atoms with Crippen molar-refractivity contribution in [1.82, 2.24) is 4.98 Å². The van der Waals surface area contributed by atoms with Crippen molar-refractivity contribution in [2.45, 2.75) is 6.92 Å². The van der Waals surface area contributed by atoms with E-state index in [1.54, 1.807) is 44.7 Å². The number of aromatic nitrogens is 1. The van der Waals surface area contributed by atoms with Gasteiger partial charge in [-0.2, -0.15) is 0 Å². The fourth-order valence-electron chi connectivity index (χ4n) is 2.55. The first-order valence-electron chi connectivity index (χ1n) is 8.42. The van der Waals surface area contributed by atoms with Gasteiger partial charge in [-0.1, -0.05) is 17.7 Å². The Morgan fingerprint density at radius 1 is 0.852 bits per heavy atom. The largest absolute Gasteiger partial charge is 0.493 e. The van der Waals surface area contributed by atoms with E-state index in [2.05, 4.69) is 15.6 Å². The van der Waals surface area contributed by atoms with Crippen LogP contribution in [0.15, 0.2) is 60.8 Å². The second-order valence-electron chi connectivity index (χ2n) is 5.94. The van der Waals surface area contributed by atoms with Crippen LogP contribution in [0.2, 0.25) is 0 Å². The van der Waals surface area contributed by atoms with Crippen molar-refractivity contribution in [3.63, 3.8) is 0 Å². The highest BCUT2D eigenvalue weighted by Gasteiger charge is 2.11. The van der Waals surface area contributed by atoms with E-state index in [4.69, 9.17) is 9.47 Å². The summed E-state index contributed by atoms with van der Waals surface area (Å²) in [7, 11) is 3.11. The number of carbonyl (C=O) groups excluding carboxylic acids is 1. The summed E-state index contributed by atoms with van der Waals surface area (Å²) in [5.74, 6) is 0.825. The third-order valence-corrected chi connectivity index (χ3v) is 3.97. The van der Waals surface area contributed by atoms with E-state index in [1.807, 2.05) is 37.3 Å². The fourth-order valence-corrected chi connectivity index (χ4v) is 2.55. The van der Waals surface area contributed by atoms with Crippen molar-refractivity contribution >= 4 is 23.0 Å². The van der Waals surface area contributed by atoms with E-state index in [0.717, 1.165) is 11.4 Å². The highest BCUT2D eigenvalue weighted by atomic mass is 16.5. The molecule has 138 valence electrons. The number of ether oxygens (including phenoxy) is 2. The molecule has 0 saturated carbocycles. The maximum absolute atomic E-state index is 12.5. The van der Waals surface area contributed by atoms with Crippen LogP contribution in [-0.2, 0) is 0 Å². The minimum absolute atomic E-state index is 0.307. The summed E-state index contributed by atoms with van der Waals surface area (Å²) >= 11 is 0. The number of anilines is 3. The van der Waals surface area contributed by atoms with E-state index >= 15 is 0 Å². The van der Waals surface area contributed by atoms with E-state index < -0.39 is 0 Å². The molecule has 0 spiro atoms. The average molecular weight is 363 g/mol. The van der Waals surface area contributed by atoms with Crippen LogP contribution in [-0.4, -0.2) is 25.1 Å². The molecule has 0 fully saturated rings. The van der Waals surface area contributed by atoms with Gasteiger partial charge in [-0.3, -0.25) is 9.78 Å². The molecule has 1 amide bonds. The van der Waals surface area contributed by atoms with Crippen molar-refractivity contribution in [1.29, 1.82) is 0 Å². The summed E-state index contributed by atoms with van der Waals surface area (Å²) in [5.41, 5.74) is 3.81. The number of hydrogen-bond acceptors (Lipinski definition) is 5. The van der Waals surface area contributed by atoms with Crippen molar-refractivity contribution in [3.8, 4) is 11.5 Å². The molecule has 27 heavy (non-hydrogen) atoms. The number of nitrogens with zero attached hydrogens (tertiary/aromatic N) is 1. The zero-order valence-electron chi connectivity index (χ0n) is 15.4. The first-order valence-corrected chi connectivity index (χ1v) is 8.42. The predicted octanol–water partition coefficient (Wildman–Crippen LogP) is 4.40. The molecule has 0 bridgehead atoms. The van der Waals surface area contributed by atoms with Gasteiger partial charge in [-0.05, 0) is 43.3 Å². The second-order valence-corrected chi connectivity index (χ2v) is 5.94. The Morgan fingerprint density at radius 2 is 1.56 bits per heavy atom. The molecule has 0 aliphatic heterocycles. The van der Waals surface area contributed by atoms with Crippen molar-refractivity contribution < 1.29 is 14.3 Å². The molecular weight excluding hydrogens is 342 g/mol. The van der Waals surface area contributed by atoms with Crippen molar-refractivity contribution in [2.75, 3.05) is 24.9 Å². The number of amides is 1. The molecule has 1 aromatic heterocycles. The van der Waals surface area contributed by atoms with Crippen LogP contribution < -0.4 is 20.1 Å². The summed E-state index contributed by atoms with van der Waals surface area (Å²) in [5, 5.41) is 6.09. The van der Waals surface area contributed by atoms with Crippen molar-refractivity contribution in [2.24, 2.45) is 0 Å². The lowest BCUT2D eigenvalue weighted by atomic mass is 10.2. The summed E-state index contributed by atoms with van der Waals surface area (Å²) in [6.07, 6.45) is 1.60. The van der Waals surface area contributed by atoms with Gasteiger partial charge in [0, 0.05) is 29.3 Å². The summed E-state index contributed by atoms with van der Waals surface area (Å²) in [6, 6.07) is 16.7. The molecule has 1 heterocycles. The van der Waals surface area contributed by atoms with Crippen LogP contribution in [0.1, 0.15) is 16.1 Å². The highest BCUT2D eigenvalue weighted by Crippen LogP contribution is 2.30. The van der Waals surface area contributed by atoms with Crippen molar-refractivity contribution in [3.05, 3.63) is 72.1 Å². The normalized spacial score (nSPS) is 10.2. The number of pyridine rings is 1. The third kappa shape index (κ3) is 4.55. The van der Waals surface area contributed by atoms with E-state index in [-0.39, 0.29) is 5.91 Å². The molecule has 0 aliphatic carbocycles. The maximum Gasteiger partial charge on any atom is 0.274 e. The Labute approximate surface area is 158 Å². The van der Waals surface area contributed by atoms with Gasteiger partial charge in [0.15, 0.2) is 11.5 Å². The van der Waals surface area contributed by atoms with Crippen LogP contribution in [0.25, 0.3) is 0 Å². The van der Waals surface area contributed by atoms with Gasteiger partial charge in [0.25, 0.3) is 5.91 Å². The first kappa shape index (κ1) is 18.3. The molecule has 0 atom stereocenters. The van der Waals surface area contributed by atoms with Crippen LogP contribution >= 0.6 is 0 Å². The Morgan fingerprint density at radius 3 is 2.26 bits per heavy atom. The van der Waals surface area contributed by atoms with Gasteiger partial charge in [0.2, 0.25) is 0 Å². The number of methoxy groups -OCH3 is 2. The topological polar surface area (TPSA) is 72.5 Å². The lowest BCUT2D eigenvalue weighted by Crippen LogP contribution is -2.14. The number of carbonyl (C=O) groups is 1. The van der Waals surface area contributed by atoms with Gasteiger partial charge < -0.3 is 20.1 Å². The smallest absolute Gasteiger partial charge is 0.274 e. The number of rotatable bonds is 6. The lowest BCUT2D eigenvalue weighted by molar-refractivity contribution is 0.102. The third-order valence-electron chi connectivity index (χ3n) is 3.97. The SMILES string of the molecule is COc1ccc(NC(=O)c2cc(Nc3ccc(C)cc3)ccn2)cc1OC. The second kappa shape index (κ2) is 8.23.